The van der Waals surface area contributed by atoms with E-state index in [2.05, 4.69) is 128 Å². The van der Waals surface area contributed by atoms with E-state index in [1.54, 1.807) is 17.6 Å². The van der Waals surface area contributed by atoms with Gasteiger partial charge in [0.15, 0.2) is 0 Å². The molecule has 0 bridgehead atoms. The molecule has 0 aliphatic rings. The van der Waals surface area contributed by atoms with Gasteiger partial charge >= 0.3 is 0 Å². The number of aromatic nitrogens is 7. The predicted molar refractivity (Wildman–Crippen MR) is 274 cm³/mol. The fourth-order valence-electron chi connectivity index (χ4n) is 8.35. The highest BCUT2D eigenvalue weighted by Gasteiger charge is 2.22. The van der Waals surface area contributed by atoms with E-state index < -0.39 is 0 Å². The van der Waals surface area contributed by atoms with Gasteiger partial charge in [-0.25, -0.2) is 29.9 Å². The molecule has 12 heteroatoms. The van der Waals surface area contributed by atoms with Crippen molar-refractivity contribution in [3.8, 4) is 44.8 Å². The van der Waals surface area contributed by atoms with Crippen molar-refractivity contribution in [2.75, 3.05) is 30.0 Å². The predicted octanol–water partition coefficient (Wildman–Crippen LogP) is 13.0. The first-order valence-electron chi connectivity index (χ1n) is 22.2. The van der Waals surface area contributed by atoms with Crippen LogP contribution in [0.4, 0.5) is 17.5 Å². The van der Waals surface area contributed by atoms with Crippen LogP contribution in [0.2, 0.25) is 0 Å². The molecule has 3 N–H and O–H groups in total. The minimum Gasteiger partial charge on any atom is -0.464 e. The second-order valence-electron chi connectivity index (χ2n) is 17.1. The number of benzene rings is 4. The van der Waals surface area contributed by atoms with E-state index in [1.807, 2.05) is 101 Å². The lowest BCUT2D eigenvalue weighted by Crippen LogP contribution is -2.10. The Morgan fingerprint density at radius 2 is 1.39 bits per heavy atom. The molecule has 0 fully saturated rings. The number of thiazole rings is 1. The summed E-state index contributed by atoms with van der Waals surface area (Å²) in [6, 6.07) is 39.9. The van der Waals surface area contributed by atoms with Gasteiger partial charge in [0.2, 0.25) is 0 Å². The summed E-state index contributed by atoms with van der Waals surface area (Å²) in [4.78, 5) is 33.9. The van der Waals surface area contributed by atoms with Crippen LogP contribution in [0.5, 0.6) is 0 Å². The van der Waals surface area contributed by atoms with Crippen LogP contribution in [0.3, 0.4) is 0 Å². The highest BCUT2D eigenvalue weighted by Crippen LogP contribution is 2.38. The molecular weight excluding hydrogens is 849 g/mol. The van der Waals surface area contributed by atoms with Crippen molar-refractivity contribution < 1.29 is 4.42 Å². The minimum atomic E-state index is -0.0132. The lowest BCUT2D eigenvalue weighted by Gasteiger charge is -2.20. The molecule has 2 atom stereocenters. The monoisotopic (exact) mass is 900 g/mol. The van der Waals surface area contributed by atoms with Crippen LogP contribution in [-0.2, 0) is 0 Å². The number of nitrogens with two attached hydrogens (primary N) is 1. The van der Waals surface area contributed by atoms with Crippen molar-refractivity contribution in [3.63, 3.8) is 0 Å². The van der Waals surface area contributed by atoms with E-state index in [0.717, 1.165) is 94.7 Å². The minimum absolute atomic E-state index is 0.0132. The van der Waals surface area contributed by atoms with Crippen LogP contribution < -0.4 is 16.0 Å². The molecule has 10 rings (SSSR count). The molecular formula is C55H52N10OS. The SMILES string of the molecule is Cc1cc(-c2cccc(C(C)Nc3cc(-c4ccc5ncsc5c4)nc(C)n3)c2)ccn1.Cc1nc(N)c([C@@H](C)c2cccc(-c3ccc(N(C)C)nc3)c2)c(-c2ccc3occ(C)c3c2)n1. The second kappa shape index (κ2) is 18.9. The van der Waals surface area contributed by atoms with Crippen LogP contribution in [0.1, 0.15) is 65.4 Å². The summed E-state index contributed by atoms with van der Waals surface area (Å²) in [6.45, 7) is 12.2. The number of nitrogen functional groups attached to an aromatic ring is 1. The fraction of sp³-hybridized carbons (Fsp3) is 0.182. The van der Waals surface area contributed by atoms with Crippen molar-refractivity contribution in [1.82, 2.24) is 34.9 Å². The summed E-state index contributed by atoms with van der Waals surface area (Å²) in [5.41, 5.74) is 24.0. The summed E-state index contributed by atoms with van der Waals surface area (Å²) in [5, 5.41) is 4.63. The van der Waals surface area contributed by atoms with Crippen molar-refractivity contribution in [2.45, 2.75) is 53.5 Å². The Balaban J connectivity index is 0.000000169. The fourth-order valence-corrected chi connectivity index (χ4v) is 9.07. The van der Waals surface area contributed by atoms with Crippen LogP contribution in [0.15, 0.2) is 144 Å². The second-order valence-corrected chi connectivity index (χ2v) is 18.0. The van der Waals surface area contributed by atoms with Gasteiger partial charge in [-0.15, -0.1) is 11.3 Å². The molecule has 0 amide bonds. The zero-order chi connectivity index (χ0) is 46.8. The van der Waals surface area contributed by atoms with E-state index in [1.165, 1.54) is 16.7 Å². The van der Waals surface area contributed by atoms with E-state index in [4.69, 9.17) is 15.1 Å². The summed E-state index contributed by atoms with van der Waals surface area (Å²) in [6.07, 6.45) is 5.55. The summed E-state index contributed by atoms with van der Waals surface area (Å²) in [5.74, 6) is 3.62. The Morgan fingerprint density at radius 1 is 0.657 bits per heavy atom. The van der Waals surface area contributed by atoms with Crippen molar-refractivity contribution >= 4 is 50.0 Å². The maximum absolute atomic E-state index is 6.53. The number of hydrogen-bond acceptors (Lipinski definition) is 12. The first-order valence-corrected chi connectivity index (χ1v) is 23.1. The third kappa shape index (κ3) is 9.75. The van der Waals surface area contributed by atoms with Crippen molar-refractivity contribution in [3.05, 3.63) is 179 Å². The number of hydrogen-bond donors (Lipinski definition) is 2. The Labute approximate surface area is 394 Å². The van der Waals surface area contributed by atoms with Gasteiger partial charge in [-0.2, -0.15) is 0 Å². The molecule has 10 aromatic rings. The maximum atomic E-state index is 6.53. The molecule has 6 aromatic heterocycles. The lowest BCUT2D eigenvalue weighted by molar-refractivity contribution is 0.613. The topological polar surface area (TPSA) is 145 Å². The first-order chi connectivity index (χ1) is 32.4. The normalized spacial score (nSPS) is 12.1. The Hall–Kier alpha value is -7.83. The van der Waals surface area contributed by atoms with E-state index in [0.29, 0.717) is 11.6 Å². The summed E-state index contributed by atoms with van der Waals surface area (Å²) < 4.78 is 6.80. The van der Waals surface area contributed by atoms with Gasteiger partial charge in [0.25, 0.3) is 0 Å². The van der Waals surface area contributed by atoms with Crippen LogP contribution in [0.25, 0.3) is 66.0 Å². The van der Waals surface area contributed by atoms with E-state index in [9.17, 15) is 0 Å². The molecule has 334 valence electrons. The molecule has 6 heterocycles. The third-order valence-electron chi connectivity index (χ3n) is 11.9. The Bertz CT molecular complexity index is 3380. The first kappa shape index (κ1) is 44.4. The van der Waals surface area contributed by atoms with Gasteiger partial charge in [-0.05, 0) is 129 Å². The molecule has 0 aliphatic heterocycles. The lowest BCUT2D eigenvalue weighted by atomic mass is 9.88. The molecule has 0 saturated heterocycles. The molecule has 0 radical (unpaired) electrons. The van der Waals surface area contributed by atoms with Gasteiger partial charge in [-0.1, -0.05) is 55.5 Å². The zero-order valence-electron chi connectivity index (χ0n) is 38.9. The van der Waals surface area contributed by atoms with Gasteiger partial charge in [-0.3, -0.25) is 4.98 Å². The molecule has 67 heavy (non-hydrogen) atoms. The number of nitrogens with one attached hydrogen (secondary N) is 1. The molecule has 4 aromatic carbocycles. The number of rotatable bonds is 10. The number of anilines is 3. The number of pyridine rings is 2. The Kier molecular flexibility index (Phi) is 12.5. The van der Waals surface area contributed by atoms with Crippen molar-refractivity contribution in [1.29, 1.82) is 0 Å². The number of aryl methyl sites for hydroxylation is 4. The van der Waals surface area contributed by atoms with E-state index in [-0.39, 0.29) is 12.0 Å². The largest absolute Gasteiger partial charge is 0.464 e. The van der Waals surface area contributed by atoms with Crippen LogP contribution >= 0.6 is 11.3 Å². The van der Waals surface area contributed by atoms with Gasteiger partial charge in [0.1, 0.15) is 34.7 Å². The van der Waals surface area contributed by atoms with Crippen LogP contribution in [0, 0.1) is 27.7 Å². The molecule has 11 nitrogen and oxygen atoms in total. The van der Waals surface area contributed by atoms with Crippen molar-refractivity contribution in [2.24, 2.45) is 0 Å². The number of furan rings is 1. The zero-order valence-corrected chi connectivity index (χ0v) is 39.7. The number of nitrogens with zero attached hydrogens (tertiary/aromatic N) is 8. The molecule has 0 saturated carbocycles. The highest BCUT2D eigenvalue weighted by atomic mass is 32.1. The average Bonchev–Trinajstić information content (AvgIpc) is 3.97. The van der Waals surface area contributed by atoms with Gasteiger partial charge < -0.3 is 20.4 Å². The summed E-state index contributed by atoms with van der Waals surface area (Å²) >= 11 is 1.64. The quantitative estimate of drug-likeness (QED) is 0.135. The van der Waals surface area contributed by atoms with Gasteiger partial charge in [0, 0.05) is 77.8 Å². The van der Waals surface area contributed by atoms with Crippen LogP contribution in [-0.4, -0.2) is 49.0 Å². The van der Waals surface area contributed by atoms with E-state index >= 15 is 0 Å². The Morgan fingerprint density at radius 3 is 2.16 bits per heavy atom. The highest BCUT2D eigenvalue weighted by molar-refractivity contribution is 7.16. The average molecular weight is 901 g/mol. The molecule has 1 unspecified atom stereocenters. The number of fused-ring (bicyclic) bond motifs is 2. The summed E-state index contributed by atoms with van der Waals surface area (Å²) in [7, 11) is 3.98. The molecule has 0 aliphatic carbocycles. The third-order valence-corrected chi connectivity index (χ3v) is 12.7. The maximum Gasteiger partial charge on any atom is 0.134 e. The smallest absolute Gasteiger partial charge is 0.134 e. The van der Waals surface area contributed by atoms with Gasteiger partial charge in [0.05, 0.1) is 33.4 Å². The standard InChI is InChI=1S/C29H29N5O.C26H23N5S/c1-17-16-35-25-11-9-22(14-24(17)25)28-27(29(30)33-19(3)32-28)18(2)20-7-6-8-21(13-20)23-10-12-26(31-15-23)34(4)5;1-16-11-21(9-10-27-16)20-6-4-5-19(12-20)17(2)29-26-14-24(30-18(3)31-26)22-7-8-23-25(13-22)32-15-28-23/h6-16,18H,1-5H3,(H2,30,32,33);4-15,17H,1-3H3,(H,29,30,31)/t18-;/m0./s1. The molecule has 0 spiro atoms.